The van der Waals surface area contributed by atoms with E-state index in [9.17, 15) is 29.6 Å². The molecular weight excluding hydrogens is 474 g/mol. The molecule has 2 aliphatic heterocycles. The number of benzene rings is 2. The molecule has 2 N–H and O–H groups in total. The number of nitrogens with zero attached hydrogens (tertiary/aromatic N) is 2. The van der Waals surface area contributed by atoms with Crippen LogP contribution in [0.4, 0.5) is 5.69 Å². The van der Waals surface area contributed by atoms with Crippen molar-refractivity contribution in [1.82, 2.24) is 10.2 Å². The predicted octanol–water partition coefficient (Wildman–Crippen LogP) is 2.77. The van der Waals surface area contributed by atoms with E-state index in [1.807, 2.05) is 0 Å². The Hall–Kier alpha value is -3.57. The first-order valence-electron chi connectivity index (χ1n) is 9.60. The van der Waals surface area contributed by atoms with Gasteiger partial charge in [0.1, 0.15) is 23.8 Å². The Morgan fingerprint density at radius 2 is 1.88 bits per heavy atom. The first kappa shape index (κ1) is 22.6. The highest BCUT2D eigenvalue weighted by Crippen LogP contribution is 2.40. The number of aliphatic hydroxyl groups is 1. The molecule has 0 aromatic heterocycles. The summed E-state index contributed by atoms with van der Waals surface area (Å²) in [5.41, 5.74) is 0.449. The SMILES string of the molecule is O=C(OCc1ccc([N+](=O)[O-])cc1)C1=C(O)CS[C@H]2C(NC(=O)c3ccc(Cl)cc3)C(=O)N12. The molecule has 4 rings (SSSR count). The topological polar surface area (TPSA) is 139 Å². The Morgan fingerprint density at radius 1 is 1.21 bits per heavy atom. The first-order chi connectivity index (χ1) is 15.8. The van der Waals surface area contributed by atoms with E-state index in [-0.39, 0.29) is 29.5 Å². The van der Waals surface area contributed by atoms with Crippen molar-refractivity contribution < 1.29 is 29.2 Å². The van der Waals surface area contributed by atoms with Crippen LogP contribution in [-0.2, 0) is 20.9 Å². The summed E-state index contributed by atoms with van der Waals surface area (Å²) < 4.78 is 5.21. The number of aliphatic hydroxyl groups excluding tert-OH is 1. The van der Waals surface area contributed by atoms with E-state index in [1.165, 1.54) is 48.2 Å². The van der Waals surface area contributed by atoms with Crippen LogP contribution in [0.3, 0.4) is 0 Å². The number of nitrogens with one attached hydrogen (secondary N) is 1. The molecule has 2 aliphatic rings. The second-order valence-electron chi connectivity index (χ2n) is 7.16. The number of rotatable bonds is 6. The number of esters is 1. The van der Waals surface area contributed by atoms with Crippen LogP contribution < -0.4 is 5.32 Å². The van der Waals surface area contributed by atoms with Crippen LogP contribution in [0.2, 0.25) is 5.02 Å². The van der Waals surface area contributed by atoms with Crippen LogP contribution >= 0.6 is 23.4 Å². The molecule has 10 nitrogen and oxygen atoms in total. The van der Waals surface area contributed by atoms with E-state index >= 15 is 0 Å². The van der Waals surface area contributed by atoms with Gasteiger partial charge in [0.25, 0.3) is 17.5 Å². The van der Waals surface area contributed by atoms with Crippen LogP contribution in [-0.4, -0.2) is 49.9 Å². The van der Waals surface area contributed by atoms with Gasteiger partial charge in [-0.15, -0.1) is 11.8 Å². The largest absolute Gasteiger partial charge is 0.509 e. The summed E-state index contributed by atoms with van der Waals surface area (Å²) in [6.07, 6.45) is 0. The minimum Gasteiger partial charge on any atom is -0.509 e. The average Bonchev–Trinajstić information content (AvgIpc) is 2.81. The average molecular weight is 490 g/mol. The number of carbonyl (C=O) groups is 3. The third-order valence-corrected chi connectivity index (χ3v) is 6.57. The molecule has 33 heavy (non-hydrogen) atoms. The molecule has 2 atom stereocenters. The summed E-state index contributed by atoms with van der Waals surface area (Å²) in [5.74, 6) is -2.17. The summed E-state index contributed by atoms with van der Waals surface area (Å²) in [6.45, 7) is -0.204. The van der Waals surface area contributed by atoms with Gasteiger partial charge in [0.2, 0.25) is 0 Å². The highest BCUT2D eigenvalue weighted by atomic mass is 35.5. The smallest absolute Gasteiger partial charge is 0.358 e. The minimum atomic E-state index is -0.910. The van der Waals surface area contributed by atoms with Gasteiger partial charge < -0.3 is 15.2 Å². The molecule has 12 heteroatoms. The van der Waals surface area contributed by atoms with Gasteiger partial charge >= 0.3 is 5.97 Å². The fourth-order valence-corrected chi connectivity index (χ4v) is 4.68. The highest BCUT2D eigenvalue weighted by Gasteiger charge is 2.54. The summed E-state index contributed by atoms with van der Waals surface area (Å²) in [7, 11) is 0. The number of nitro benzene ring substituents is 1. The first-order valence-corrected chi connectivity index (χ1v) is 11.0. The molecule has 0 aliphatic carbocycles. The zero-order valence-electron chi connectivity index (χ0n) is 16.8. The van der Waals surface area contributed by atoms with E-state index in [0.29, 0.717) is 16.1 Å². The number of hydrogen-bond donors (Lipinski definition) is 2. The van der Waals surface area contributed by atoms with E-state index in [2.05, 4.69) is 5.32 Å². The minimum absolute atomic E-state index is 0.0593. The molecule has 2 aromatic carbocycles. The van der Waals surface area contributed by atoms with Gasteiger partial charge in [0.15, 0.2) is 5.70 Å². The van der Waals surface area contributed by atoms with E-state index in [1.54, 1.807) is 12.1 Å². The van der Waals surface area contributed by atoms with Gasteiger partial charge in [-0.25, -0.2) is 4.79 Å². The summed E-state index contributed by atoms with van der Waals surface area (Å²) in [5, 5.41) is 23.5. The molecule has 1 saturated heterocycles. The summed E-state index contributed by atoms with van der Waals surface area (Å²) in [6, 6.07) is 10.7. The number of fused-ring (bicyclic) bond motifs is 1. The lowest BCUT2D eigenvalue weighted by Crippen LogP contribution is -2.70. The van der Waals surface area contributed by atoms with Crippen LogP contribution in [0, 0.1) is 10.1 Å². The monoisotopic (exact) mass is 489 g/mol. The Morgan fingerprint density at radius 3 is 2.52 bits per heavy atom. The second-order valence-corrected chi connectivity index (χ2v) is 8.70. The molecule has 2 heterocycles. The van der Waals surface area contributed by atoms with E-state index < -0.39 is 34.1 Å². The number of ether oxygens (including phenoxy) is 1. The number of hydrogen-bond acceptors (Lipinski definition) is 8. The normalized spacial score (nSPS) is 19.4. The molecule has 170 valence electrons. The van der Waals surface area contributed by atoms with Crippen molar-refractivity contribution >= 4 is 46.8 Å². The number of thioether (sulfide) groups is 1. The maximum Gasteiger partial charge on any atom is 0.358 e. The predicted molar refractivity (Wildman–Crippen MR) is 118 cm³/mol. The lowest BCUT2D eigenvalue weighted by molar-refractivity contribution is -0.384. The van der Waals surface area contributed by atoms with Crippen molar-refractivity contribution in [2.75, 3.05) is 5.75 Å². The van der Waals surface area contributed by atoms with Crippen LogP contribution in [0.25, 0.3) is 0 Å². The number of carbonyl (C=O) groups excluding carboxylic acids is 3. The van der Waals surface area contributed by atoms with Crippen LogP contribution in [0.1, 0.15) is 15.9 Å². The standard InChI is InChI=1S/C21H16ClN3O7S/c22-13-5-3-12(4-6-13)18(27)23-16-19(28)24-17(15(26)10-33-20(16)24)21(29)32-9-11-1-7-14(8-2-11)25(30)31/h1-8,16,20,26H,9-10H2,(H,23,27)/t16?,20-/m0/s1. The number of non-ortho nitro benzene ring substituents is 1. The van der Waals surface area contributed by atoms with Crippen molar-refractivity contribution in [2.45, 2.75) is 18.0 Å². The molecule has 2 aromatic rings. The van der Waals surface area contributed by atoms with Crippen molar-refractivity contribution in [2.24, 2.45) is 0 Å². The Kier molecular flexibility index (Phi) is 6.25. The van der Waals surface area contributed by atoms with Gasteiger partial charge in [-0.05, 0) is 42.0 Å². The third kappa shape index (κ3) is 4.50. The molecular formula is C21H16ClN3O7S. The second kappa shape index (κ2) is 9.12. The number of nitro groups is 1. The molecule has 1 unspecified atom stereocenters. The van der Waals surface area contributed by atoms with Crippen molar-refractivity contribution in [3.8, 4) is 0 Å². The van der Waals surface area contributed by atoms with Gasteiger partial charge in [0.05, 0.1) is 10.7 Å². The fourth-order valence-electron chi connectivity index (χ4n) is 3.35. The lowest BCUT2D eigenvalue weighted by atomic mass is 10.0. The Labute approximate surface area is 196 Å². The number of β-lactam (4-membered cyclic amide) rings is 1. The van der Waals surface area contributed by atoms with Crippen molar-refractivity contribution in [3.63, 3.8) is 0 Å². The van der Waals surface area contributed by atoms with Gasteiger partial charge in [-0.1, -0.05) is 11.6 Å². The summed E-state index contributed by atoms with van der Waals surface area (Å²) >= 11 is 7.03. The van der Waals surface area contributed by atoms with E-state index in [4.69, 9.17) is 16.3 Å². The lowest BCUT2D eigenvalue weighted by Gasteiger charge is -2.48. The fraction of sp³-hybridized carbons (Fsp3) is 0.190. The molecule has 0 bridgehead atoms. The zero-order chi connectivity index (χ0) is 23.7. The maximum absolute atomic E-state index is 12.7. The van der Waals surface area contributed by atoms with Gasteiger partial charge in [0, 0.05) is 22.7 Å². The quantitative estimate of drug-likeness (QED) is 0.273. The third-order valence-electron chi connectivity index (χ3n) is 5.05. The molecule has 0 spiro atoms. The van der Waals surface area contributed by atoms with E-state index in [0.717, 1.165) is 4.90 Å². The highest BCUT2D eigenvalue weighted by molar-refractivity contribution is 8.00. The molecule has 0 radical (unpaired) electrons. The maximum atomic E-state index is 12.7. The Bertz CT molecular complexity index is 1170. The van der Waals surface area contributed by atoms with Gasteiger partial charge in [-0.2, -0.15) is 0 Å². The molecule has 1 fully saturated rings. The number of halogens is 1. The Balaban J connectivity index is 1.41. The van der Waals surface area contributed by atoms with Crippen LogP contribution in [0.15, 0.2) is 60.0 Å². The van der Waals surface area contributed by atoms with Gasteiger partial charge in [-0.3, -0.25) is 24.6 Å². The number of amides is 2. The summed E-state index contributed by atoms with van der Waals surface area (Å²) in [4.78, 5) is 49.1. The van der Waals surface area contributed by atoms with Crippen molar-refractivity contribution in [3.05, 3.63) is 86.3 Å². The zero-order valence-corrected chi connectivity index (χ0v) is 18.3. The molecule has 0 saturated carbocycles. The van der Waals surface area contributed by atoms with Crippen LogP contribution in [0.5, 0.6) is 0 Å². The molecule has 2 amide bonds. The van der Waals surface area contributed by atoms with Crippen molar-refractivity contribution in [1.29, 1.82) is 0 Å².